The number of anilines is 1. The van der Waals surface area contributed by atoms with Gasteiger partial charge < -0.3 is 0 Å². The van der Waals surface area contributed by atoms with Crippen LogP contribution < -0.4 is 5.32 Å². The number of hydrogen-bond donors (Lipinski definition) is 2. The average molecular weight is 210 g/mol. The summed E-state index contributed by atoms with van der Waals surface area (Å²) in [5.41, 5.74) is 0. The summed E-state index contributed by atoms with van der Waals surface area (Å²) in [4.78, 5) is 10.7. The first kappa shape index (κ1) is 8.63. The van der Waals surface area contributed by atoms with E-state index >= 15 is 0 Å². The van der Waals surface area contributed by atoms with Crippen molar-refractivity contribution in [3.8, 4) is 0 Å². The maximum Gasteiger partial charge on any atom is 0.241 e. The second-order valence-electron chi connectivity index (χ2n) is 1.60. The second kappa shape index (κ2) is 3.80. The highest BCUT2D eigenvalue weighted by atomic mass is 35.5. The molecule has 0 fully saturated rings. The zero-order valence-electron chi connectivity index (χ0n) is 5.26. The molecular weight excluding hydrogens is 206 g/mol. The highest BCUT2D eigenvalue weighted by Gasteiger charge is 2.01. The van der Waals surface area contributed by atoms with E-state index in [1.807, 2.05) is 0 Å². The van der Waals surface area contributed by atoms with E-state index in [0.29, 0.717) is 9.09 Å². The molecule has 4 nitrogen and oxygen atoms in total. The van der Waals surface area contributed by atoms with Crippen molar-refractivity contribution >= 4 is 46.2 Å². The predicted molar refractivity (Wildman–Crippen MR) is 46.6 cm³/mol. The monoisotopic (exact) mass is 209 g/mol. The summed E-state index contributed by atoms with van der Waals surface area (Å²) in [5.74, 6) is -0.365. The third-order valence-corrected chi connectivity index (χ3v) is 2.05. The summed E-state index contributed by atoms with van der Waals surface area (Å²) >= 11 is 11.2. The number of carbonyl (C=O) groups excluding carboxylic acids is 1. The summed E-state index contributed by atoms with van der Waals surface area (Å²) in [6, 6.07) is 0. The average Bonchev–Trinajstić information content (AvgIpc) is 2.35. The number of hydrogen-bond acceptors (Lipinski definition) is 4. The number of halogens is 1. The molecule has 1 amide bonds. The van der Waals surface area contributed by atoms with Crippen molar-refractivity contribution < 1.29 is 4.79 Å². The van der Waals surface area contributed by atoms with Crippen molar-refractivity contribution in [2.75, 3.05) is 11.2 Å². The zero-order valence-corrected chi connectivity index (χ0v) is 7.65. The molecule has 0 radical (unpaired) electrons. The number of carbonyl (C=O) groups is 1. The maximum atomic E-state index is 10.7. The highest BCUT2D eigenvalue weighted by molar-refractivity contribution is 7.73. The molecular formula is C4H4ClN3OS2. The lowest BCUT2D eigenvalue weighted by Gasteiger charge is -1.92. The molecule has 0 bridgehead atoms. The first-order valence-corrected chi connectivity index (χ1v) is 4.39. The van der Waals surface area contributed by atoms with E-state index in [9.17, 15) is 4.79 Å². The molecule has 60 valence electrons. The molecule has 2 N–H and O–H groups in total. The van der Waals surface area contributed by atoms with Crippen molar-refractivity contribution in [2.45, 2.75) is 0 Å². The molecule has 0 aromatic carbocycles. The van der Waals surface area contributed by atoms with Gasteiger partial charge in [0.1, 0.15) is 5.88 Å². The minimum atomic E-state index is -0.288. The molecule has 0 aliphatic carbocycles. The lowest BCUT2D eigenvalue weighted by atomic mass is 10.7. The number of aromatic amines is 1. The van der Waals surface area contributed by atoms with Gasteiger partial charge in [-0.1, -0.05) is 11.3 Å². The molecule has 0 saturated carbocycles. The Morgan fingerprint density at radius 3 is 3.09 bits per heavy atom. The van der Waals surface area contributed by atoms with Gasteiger partial charge in [-0.25, -0.2) is 0 Å². The number of aromatic nitrogens is 2. The molecule has 1 heterocycles. The van der Waals surface area contributed by atoms with Crippen LogP contribution in [0.25, 0.3) is 0 Å². The van der Waals surface area contributed by atoms with E-state index in [0.717, 1.165) is 0 Å². The van der Waals surface area contributed by atoms with Gasteiger partial charge in [-0.3, -0.25) is 15.2 Å². The van der Waals surface area contributed by atoms with E-state index in [-0.39, 0.29) is 11.8 Å². The van der Waals surface area contributed by atoms with Gasteiger partial charge >= 0.3 is 0 Å². The van der Waals surface area contributed by atoms with Crippen molar-refractivity contribution in [1.82, 2.24) is 10.2 Å². The first-order valence-electron chi connectivity index (χ1n) is 2.63. The molecule has 0 unspecified atom stereocenters. The smallest absolute Gasteiger partial charge is 0.241 e. The van der Waals surface area contributed by atoms with Crippen molar-refractivity contribution in [3.05, 3.63) is 3.95 Å². The summed E-state index contributed by atoms with van der Waals surface area (Å²) in [5, 5.41) is 9.12. The molecule has 0 saturated heterocycles. The van der Waals surface area contributed by atoms with Crippen molar-refractivity contribution in [3.63, 3.8) is 0 Å². The fourth-order valence-electron chi connectivity index (χ4n) is 0.436. The second-order valence-corrected chi connectivity index (χ2v) is 3.53. The number of alkyl halides is 1. The third-order valence-electron chi connectivity index (χ3n) is 0.806. The Kier molecular flexibility index (Phi) is 2.98. The Hall–Kier alpha value is -0.460. The van der Waals surface area contributed by atoms with Crippen molar-refractivity contribution in [1.29, 1.82) is 0 Å². The molecule has 11 heavy (non-hydrogen) atoms. The van der Waals surface area contributed by atoms with Crippen LogP contribution in [0.2, 0.25) is 0 Å². The van der Waals surface area contributed by atoms with Gasteiger partial charge in [0.2, 0.25) is 11.0 Å². The molecule has 7 heteroatoms. The van der Waals surface area contributed by atoms with Crippen LogP contribution in [0.15, 0.2) is 0 Å². The molecule has 1 aromatic rings. The zero-order chi connectivity index (χ0) is 8.27. The summed E-state index contributed by atoms with van der Waals surface area (Å²) < 4.78 is 0.523. The fourth-order valence-corrected chi connectivity index (χ4v) is 1.31. The molecule has 1 aromatic heterocycles. The van der Waals surface area contributed by atoms with Crippen LogP contribution >= 0.6 is 35.2 Å². The number of nitrogens with one attached hydrogen (secondary N) is 2. The first-order chi connectivity index (χ1) is 5.22. The maximum absolute atomic E-state index is 10.7. The lowest BCUT2D eigenvalue weighted by molar-refractivity contribution is -0.113. The van der Waals surface area contributed by atoms with E-state index in [4.69, 9.17) is 23.8 Å². The Morgan fingerprint density at radius 2 is 2.64 bits per heavy atom. The van der Waals surface area contributed by atoms with E-state index in [1.54, 1.807) is 0 Å². The SMILES string of the molecule is O=C(CCl)Nc1n[nH]c(=S)s1. The van der Waals surface area contributed by atoms with Gasteiger partial charge in [0, 0.05) is 0 Å². The summed E-state index contributed by atoms with van der Waals surface area (Å²) in [6.07, 6.45) is 0. The van der Waals surface area contributed by atoms with E-state index in [1.165, 1.54) is 11.3 Å². The van der Waals surface area contributed by atoms with Crippen LogP contribution in [-0.2, 0) is 4.79 Å². The van der Waals surface area contributed by atoms with Crippen LogP contribution in [0, 0.1) is 3.95 Å². The molecule has 1 rings (SSSR count). The van der Waals surface area contributed by atoms with Crippen LogP contribution in [0.5, 0.6) is 0 Å². The number of nitrogens with zero attached hydrogens (tertiary/aromatic N) is 1. The highest BCUT2D eigenvalue weighted by Crippen LogP contribution is 2.10. The molecule has 0 spiro atoms. The van der Waals surface area contributed by atoms with E-state index in [2.05, 4.69) is 15.5 Å². The van der Waals surface area contributed by atoms with Gasteiger partial charge in [-0.2, -0.15) is 0 Å². The minimum absolute atomic E-state index is 0.0770. The van der Waals surface area contributed by atoms with Crippen molar-refractivity contribution in [2.24, 2.45) is 0 Å². The third kappa shape index (κ3) is 2.57. The van der Waals surface area contributed by atoms with Gasteiger partial charge in [-0.15, -0.1) is 16.7 Å². The van der Waals surface area contributed by atoms with Gasteiger partial charge in [-0.05, 0) is 12.2 Å². The largest absolute Gasteiger partial charge is 0.300 e. The minimum Gasteiger partial charge on any atom is -0.300 e. The van der Waals surface area contributed by atoms with Crippen LogP contribution in [-0.4, -0.2) is 22.0 Å². The molecule has 0 aliphatic heterocycles. The van der Waals surface area contributed by atoms with Crippen LogP contribution in [0.4, 0.5) is 5.13 Å². The lowest BCUT2D eigenvalue weighted by Crippen LogP contribution is -2.12. The number of H-pyrrole nitrogens is 1. The number of rotatable bonds is 2. The van der Waals surface area contributed by atoms with Gasteiger partial charge in [0.25, 0.3) is 0 Å². The van der Waals surface area contributed by atoms with E-state index < -0.39 is 0 Å². The Morgan fingerprint density at radius 1 is 1.91 bits per heavy atom. The Balaban J connectivity index is 2.65. The van der Waals surface area contributed by atoms with Crippen LogP contribution in [0.1, 0.15) is 0 Å². The number of amides is 1. The topological polar surface area (TPSA) is 57.8 Å². The summed E-state index contributed by atoms with van der Waals surface area (Å²) in [6.45, 7) is 0. The van der Waals surface area contributed by atoms with Gasteiger partial charge in [0.05, 0.1) is 0 Å². The molecule has 0 atom stereocenters. The summed E-state index contributed by atoms with van der Waals surface area (Å²) in [7, 11) is 0. The normalized spacial score (nSPS) is 9.55. The molecule has 0 aliphatic rings. The Labute approximate surface area is 76.6 Å². The Bertz CT molecular complexity index is 306. The van der Waals surface area contributed by atoms with Gasteiger partial charge in [0.15, 0.2) is 3.95 Å². The fraction of sp³-hybridized carbons (Fsp3) is 0.250. The van der Waals surface area contributed by atoms with Crippen LogP contribution in [0.3, 0.4) is 0 Å². The quantitative estimate of drug-likeness (QED) is 0.572. The standard InChI is InChI=1S/C4H4ClN3OS2/c5-1-2(9)6-3-7-8-4(10)11-3/h1H2,(H,8,10)(H,6,7,9). The predicted octanol–water partition coefficient (Wildman–Crippen LogP) is 1.38.